The van der Waals surface area contributed by atoms with E-state index in [0.717, 1.165) is 17.7 Å². The van der Waals surface area contributed by atoms with Crippen molar-refractivity contribution in [2.24, 2.45) is 5.92 Å². The van der Waals surface area contributed by atoms with Crippen molar-refractivity contribution < 1.29 is 30.8 Å². The number of nitrogens with one attached hydrogen (secondary N) is 2. The van der Waals surface area contributed by atoms with Crippen LogP contribution in [0.2, 0.25) is 5.02 Å². The molecule has 0 aliphatic heterocycles. The zero-order valence-electron chi connectivity index (χ0n) is 17.6. The van der Waals surface area contributed by atoms with Gasteiger partial charge < -0.3 is 5.32 Å². The van der Waals surface area contributed by atoms with Crippen LogP contribution in [0, 0.1) is 11.7 Å². The number of alkyl halides is 3. The summed E-state index contributed by atoms with van der Waals surface area (Å²) in [6.07, 6.45) is -2.99. The number of hydrogen-bond donors (Lipinski definition) is 2. The minimum atomic E-state index is -4.68. The van der Waals surface area contributed by atoms with Gasteiger partial charge in [0.15, 0.2) is 0 Å². The Kier molecular flexibility index (Phi) is 7.70. The molecule has 0 spiro atoms. The summed E-state index contributed by atoms with van der Waals surface area (Å²) in [5, 5.41) is 2.20. The normalized spacial score (nSPS) is 20.3. The molecule has 0 heterocycles. The smallest absolute Gasteiger partial charge is 0.349 e. The van der Waals surface area contributed by atoms with Gasteiger partial charge in [-0.15, -0.1) is 0 Å². The summed E-state index contributed by atoms with van der Waals surface area (Å²) in [4.78, 5) is 12.2. The van der Waals surface area contributed by atoms with E-state index in [1.807, 2.05) is 0 Å². The first-order valence-electron chi connectivity index (χ1n) is 10.3. The van der Waals surface area contributed by atoms with Crippen molar-refractivity contribution in [3.05, 3.63) is 64.4 Å². The van der Waals surface area contributed by atoms with Crippen molar-refractivity contribution >= 4 is 27.5 Å². The van der Waals surface area contributed by atoms with Crippen molar-refractivity contribution in [2.45, 2.75) is 55.8 Å². The highest BCUT2D eigenvalue weighted by Gasteiger charge is 2.34. The van der Waals surface area contributed by atoms with Crippen LogP contribution >= 0.6 is 11.6 Å². The minimum Gasteiger partial charge on any atom is -0.349 e. The highest BCUT2D eigenvalue weighted by atomic mass is 35.5. The Labute approximate surface area is 194 Å². The van der Waals surface area contributed by atoms with Crippen LogP contribution in [0.1, 0.15) is 49.8 Å². The molecule has 1 saturated carbocycles. The van der Waals surface area contributed by atoms with Crippen LogP contribution in [0.15, 0.2) is 47.4 Å². The van der Waals surface area contributed by atoms with Crippen LogP contribution in [-0.2, 0) is 21.0 Å². The molecule has 11 heteroatoms. The number of rotatable bonds is 6. The summed E-state index contributed by atoms with van der Waals surface area (Å²) in [5.41, 5.74) is -0.342. The van der Waals surface area contributed by atoms with Gasteiger partial charge in [0, 0.05) is 12.0 Å². The monoisotopic (exact) mass is 506 g/mol. The second kappa shape index (κ2) is 9.99. The zero-order valence-corrected chi connectivity index (χ0v) is 19.2. The first-order valence-corrected chi connectivity index (χ1v) is 12.2. The molecule has 1 atom stereocenters. The fourth-order valence-electron chi connectivity index (χ4n) is 3.82. The van der Waals surface area contributed by atoms with Gasteiger partial charge in [0.1, 0.15) is 5.82 Å². The van der Waals surface area contributed by atoms with Crippen LogP contribution in [0.5, 0.6) is 0 Å². The predicted molar refractivity (Wildman–Crippen MR) is 115 cm³/mol. The van der Waals surface area contributed by atoms with Crippen molar-refractivity contribution in [3.8, 4) is 0 Å². The topological polar surface area (TPSA) is 75.3 Å². The number of sulfonamides is 1. The quantitative estimate of drug-likeness (QED) is 0.528. The minimum absolute atomic E-state index is 0.164. The van der Waals surface area contributed by atoms with E-state index >= 15 is 0 Å². The molecule has 180 valence electrons. The molecule has 2 N–H and O–H groups in total. The lowest BCUT2D eigenvalue weighted by molar-refractivity contribution is -0.137. The maximum atomic E-state index is 13.1. The number of carbonyl (C=O) groups excluding carboxylic acids is 1. The van der Waals surface area contributed by atoms with Crippen molar-refractivity contribution in [3.63, 3.8) is 0 Å². The summed E-state index contributed by atoms with van der Waals surface area (Å²) in [6, 6.07) is 7.36. The molecule has 1 aliphatic carbocycles. The maximum absolute atomic E-state index is 13.1. The highest BCUT2D eigenvalue weighted by Crippen LogP contribution is 2.36. The molecule has 5 nitrogen and oxygen atoms in total. The van der Waals surface area contributed by atoms with Crippen molar-refractivity contribution in [1.82, 2.24) is 10.0 Å². The molecule has 2 aromatic carbocycles. The molecule has 0 aromatic heterocycles. The Balaban J connectivity index is 1.55. The Morgan fingerprint density at radius 3 is 2.21 bits per heavy atom. The third kappa shape index (κ3) is 6.45. The third-order valence-corrected chi connectivity index (χ3v) is 7.54. The van der Waals surface area contributed by atoms with Gasteiger partial charge in [0.25, 0.3) is 0 Å². The van der Waals surface area contributed by atoms with Gasteiger partial charge in [-0.1, -0.05) is 23.7 Å². The Bertz CT molecular complexity index is 1100. The second-order valence-corrected chi connectivity index (χ2v) is 10.2. The summed E-state index contributed by atoms with van der Waals surface area (Å²) in [5.74, 6) is -0.826. The Hall–Kier alpha value is -2.17. The van der Waals surface area contributed by atoms with E-state index < -0.39 is 32.8 Å². The molecule has 1 amide bonds. The molecule has 33 heavy (non-hydrogen) atoms. The average molecular weight is 507 g/mol. The van der Waals surface area contributed by atoms with Gasteiger partial charge in [-0.25, -0.2) is 17.5 Å². The van der Waals surface area contributed by atoms with E-state index in [2.05, 4.69) is 10.0 Å². The van der Waals surface area contributed by atoms with E-state index in [4.69, 9.17) is 11.6 Å². The summed E-state index contributed by atoms with van der Waals surface area (Å²) in [6.45, 7) is 1.79. The fourth-order valence-corrected chi connectivity index (χ4v) is 5.50. The molecule has 0 bridgehead atoms. The number of carbonyl (C=O) groups is 1. The molecule has 0 unspecified atom stereocenters. The van der Waals surface area contributed by atoms with Gasteiger partial charge in [-0.3, -0.25) is 4.79 Å². The lowest BCUT2D eigenvalue weighted by Crippen LogP contribution is -2.41. The number of benzene rings is 2. The lowest BCUT2D eigenvalue weighted by atomic mass is 9.85. The van der Waals surface area contributed by atoms with E-state index in [0.29, 0.717) is 31.7 Å². The molecular weight excluding hydrogens is 484 g/mol. The van der Waals surface area contributed by atoms with Crippen molar-refractivity contribution in [2.75, 3.05) is 0 Å². The van der Waals surface area contributed by atoms with Gasteiger partial charge in [-0.05, 0) is 68.5 Å². The van der Waals surface area contributed by atoms with E-state index in [-0.39, 0.29) is 28.6 Å². The SMILES string of the molecule is C[C@@H](NC(=O)[C@H]1CC[C@H](NS(=O)(=O)c2ccc(C(F)(F)F)c(Cl)c2)CC1)c1ccc(F)cc1. The fraction of sp³-hybridized carbons (Fsp3) is 0.409. The van der Waals surface area contributed by atoms with Crippen LogP contribution in [-0.4, -0.2) is 20.4 Å². The van der Waals surface area contributed by atoms with Crippen LogP contribution in [0.3, 0.4) is 0 Å². The second-order valence-electron chi connectivity index (χ2n) is 8.09. The summed E-state index contributed by atoms with van der Waals surface area (Å²) in [7, 11) is -4.07. The van der Waals surface area contributed by atoms with Gasteiger partial charge in [-0.2, -0.15) is 13.2 Å². The van der Waals surface area contributed by atoms with E-state index in [1.165, 1.54) is 12.1 Å². The first-order chi connectivity index (χ1) is 15.4. The molecule has 0 saturated heterocycles. The molecular formula is C22H23ClF4N2O3S. The lowest BCUT2D eigenvalue weighted by Gasteiger charge is -2.29. The Morgan fingerprint density at radius 1 is 1.06 bits per heavy atom. The number of halogens is 5. The molecule has 1 aliphatic rings. The standard InChI is InChI=1S/C22H23ClF4N2O3S/c1-13(14-2-6-16(24)7-3-14)28-21(30)15-4-8-17(9-5-15)29-33(31,32)18-10-11-19(20(23)12-18)22(25,26)27/h2-3,6-7,10-13,15,17,29H,4-5,8-9H2,1H3,(H,28,30)/t13-,15-,17-/m1/s1. The summed E-state index contributed by atoms with van der Waals surface area (Å²) >= 11 is 5.64. The predicted octanol–water partition coefficient (Wildman–Crippen LogP) is 5.21. The molecule has 0 radical (unpaired) electrons. The zero-order chi connectivity index (χ0) is 24.4. The van der Waals surface area contributed by atoms with Gasteiger partial charge in [0.05, 0.1) is 21.5 Å². The largest absolute Gasteiger partial charge is 0.417 e. The van der Waals surface area contributed by atoms with Crippen LogP contribution in [0.4, 0.5) is 17.6 Å². The van der Waals surface area contributed by atoms with Gasteiger partial charge >= 0.3 is 6.18 Å². The average Bonchev–Trinajstić information content (AvgIpc) is 2.73. The van der Waals surface area contributed by atoms with Crippen LogP contribution in [0.25, 0.3) is 0 Å². The summed E-state index contributed by atoms with van der Waals surface area (Å²) < 4.78 is 79.3. The molecule has 3 rings (SSSR count). The third-order valence-electron chi connectivity index (χ3n) is 5.70. The van der Waals surface area contributed by atoms with E-state index in [9.17, 15) is 30.8 Å². The number of amides is 1. The molecule has 1 fully saturated rings. The Morgan fingerprint density at radius 2 is 1.67 bits per heavy atom. The van der Waals surface area contributed by atoms with Crippen LogP contribution < -0.4 is 10.0 Å². The number of hydrogen-bond acceptors (Lipinski definition) is 3. The van der Waals surface area contributed by atoms with Gasteiger partial charge in [0.2, 0.25) is 15.9 Å². The molecule has 2 aromatic rings. The maximum Gasteiger partial charge on any atom is 0.417 e. The first kappa shape index (κ1) is 25.5. The highest BCUT2D eigenvalue weighted by molar-refractivity contribution is 7.89. The van der Waals surface area contributed by atoms with E-state index in [1.54, 1.807) is 19.1 Å². The van der Waals surface area contributed by atoms with Crippen molar-refractivity contribution in [1.29, 1.82) is 0 Å².